The molecule has 6 heteroatoms. The third-order valence-electron chi connectivity index (χ3n) is 11.1. The van der Waals surface area contributed by atoms with Crippen LogP contribution >= 0.6 is 0 Å². The first-order chi connectivity index (χ1) is 20.7. The number of unbranched alkanes of at least 4 members (excludes halogenated alkanes) is 1. The van der Waals surface area contributed by atoms with Gasteiger partial charge in [0.1, 0.15) is 17.3 Å². The predicted molar refractivity (Wildman–Crippen MR) is 165 cm³/mol. The number of allylic oxidation sites excluding steroid dienone is 5. The number of phenolic OH excluding ortho intramolecular Hbond substituents is 1. The van der Waals surface area contributed by atoms with Gasteiger partial charge in [-0.2, -0.15) is 0 Å². The topological polar surface area (TPSA) is 93.1 Å². The second-order valence-corrected chi connectivity index (χ2v) is 13.6. The van der Waals surface area contributed by atoms with Crippen LogP contribution in [0.4, 0.5) is 0 Å². The SMILES string of the molecule is CCCC=C1OC(=O)C2=C1CCC1C3CCC4(C(=CC(CC)CCC(C)C)OC(=O)C4=C3c3cccc(O)c3)C21CCO. The predicted octanol–water partition coefficient (Wildman–Crippen LogP) is 7.78. The summed E-state index contributed by atoms with van der Waals surface area (Å²) in [5.74, 6) is 1.57. The molecule has 2 heterocycles. The van der Waals surface area contributed by atoms with Crippen LogP contribution in [-0.2, 0) is 19.1 Å². The number of fused-ring (bicyclic) bond motifs is 1. The van der Waals surface area contributed by atoms with E-state index in [4.69, 9.17) is 9.47 Å². The van der Waals surface area contributed by atoms with Crippen molar-refractivity contribution in [2.75, 3.05) is 6.61 Å². The fourth-order valence-corrected chi connectivity index (χ4v) is 9.37. The zero-order valence-corrected chi connectivity index (χ0v) is 26.1. The van der Waals surface area contributed by atoms with Gasteiger partial charge >= 0.3 is 11.9 Å². The zero-order valence-electron chi connectivity index (χ0n) is 26.1. The van der Waals surface area contributed by atoms with Crippen LogP contribution in [0.1, 0.15) is 97.5 Å². The average Bonchev–Trinajstić information content (AvgIpc) is 3.47. The highest BCUT2D eigenvalue weighted by Crippen LogP contribution is 2.78. The molecule has 1 saturated heterocycles. The first kappa shape index (κ1) is 29.9. The fourth-order valence-electron chi connectivity index (χ4n) is 9.37. The zero-order chi connectivity index (χ0) is 30.5. The van der Waals surface area contributed by atoms with Gasteiger partial charge in [0.15, 0.2) is 0 Å². The molecule has 7 rings (SSSR count). The van der Waals surface area contributed by atoms with Gasteiger partial charge in [0.05, 0.1) is 16.6 Å². The van der Waals surface area contributed by atoms with Gasteiger partial charge < -0.3 is 19.7 Å². The van der Waals surface area contributed by atoms with Gasteiger partial charge in [-0.15, -0.1) is 0 Å². The number of ether oxygens (including phenoxy) is 2. The highest BCUT2D eigenvalue weighted by Gasteiger charge is 2.75. The summed E-state index contributed by atoms with van der Waals surface area (Å²) in [6.45, 7) is 8.63. The Bertz CT molecular complexity index is 1440. The van der Waals surface area contributed by atoms with E-state index in [9.17, 15) is 19.8 Å². The van der Waals surface area contributed by atoms with Crippen molar-refractivity contribution in [3.8, 4) is 5.75 Å². The number of esters is 2. The molecule has 230 valence electrons. The third-order valence-corrected chi connectivity index (χ3v) is 11.1. The summed E-state index contributed by atoms with van der Waals surface area (Å²) >= 11 is 0. The minimum atomic E-state index is -0.890. The number of phenols is 1. The van der Waals surface area contributed by atoms with Gasteiger partial charge in [-0.25, -0.2) is 9.59 Å². The Balaban J connectivity index is 1.66. The summed E-state index contributed by atoms with van der Waals surface area (Å²) in [5, 5.41) is 21.3. The molecule has 43 heavy (non-hydrogen) atoms. The van der Waals surface area contributed by atoms with Crippen LogP contribution in [0.5, 0.6) is 5.75 Å². The maximum atomic E-state index is 14.2. The fraction of sp³-hybridized carbons (Fsp3) is 0.568. The van der Waals surface area contributed by atoms with Crippen LogP contribution < -0.4 is 0 Å². The first-order valence-electron chi connectivity index (χ1n) is 16.5. The minimum absolute atomic E-state index is 0.00874. The molecular weight excluding hydrogens is 540 g/mol. The summed E-state index contributed by atoms with van der Waals surface area (Å²) in [6.07, 6.45) is 12.4. The van der Waals surface area contributed by atoms with Crippen molar-refractivity contribution in [1.82, 2.24) is 0 Å². The second kappa shape index (κ2) is 11.4. The van der Waals surface area contributed by atoms with Crippen molar-refractivity contribution in [1.29, 1.82) is 0 Å². The van der Waals surface area contributed by atoms with Crippen LogP contribution in [0.25, 0.3) is 5.57 Å². The number of hydrogen-bond donors (Lipinski definition) is 2. The molecule has 0 amide bonds. The molecule has 2 fully saturated rings. The number of carbonyl (C=O) groups excluding carboxylic acids is 2. The average molecular weight is 587 g/mol. The maximum Gasteiger partial charge on any atom is 0.340 e. The molecule has 2 aliphatic heterocycles. The monoisotopic (exact) mass is 586 g/mol. The first-order valence-corrected chi connectivity index (χ1v) is 16.5. The van der Waals surface area contributed by atoms with E-state index >= 15 is 0 Å². The van der Waals surface area contributed by atoms with E-state index in [1.165, 1.54) is 0 Å². The van der Waals surface area contributed by atoms with Gasteiger partial charge in [-0.1, -0.05) is 52.7 Å². The summed E-state index contributed by atoms with van der Waals surface area (Å²) in [5.41, 5.74) is 2.31. The van der Waals surface area contributed by atoms with E-state index in [0.717, 1.165) is 68.1 Å². The van der Waals surface area contributed by atoms with Gasteiger partial charge in [-0.3, -0.25) is 0 Å². The molecule has 4 aliphatic carbocycles. The molecule has 1 saturated carbocycles. The van der Waals surface area contributed by atoms with E-state index in [0.29, 0.717) is 41.4 Å². The lowest BCUT2D eigenvalue weighted by Gasteiger charge is -2.64. The Labute approximate surface area is 255 Å². The molecule has 2 bridgehead atoms. The molecule has 0 radical (unpaired) electrons. The van der Waals surface area contributed by atoms with E-state index in [1.807, 2.05) is 18.2 Å². The standard InChI is InChI=1S/C37H46O6/c1-5-7-11-29-27-14-15-28-26-16-17-37(36(28,18-19-38)32(27)34(40)42-29)30(20-23(6-2)13-12-22(3)4)43-35(41)33(37)31(26)24-9-8-10-25(39)21-24/h8-11,20-23,26,28,38-39H,5-7,12-19H2,1-4H3. The lowest BCUT2D eigenvalue weighted by molar-refractivity contribution is -0.138. The van der Waals surface area contributed by atoms with E-state index in [1.54, 1.807) is 12.1 Å². The number of aliphatic hydroxyl groups is 1. The Hall–Kier alpha value is -3.12. The molecule has 1 aromatic carbocycles. The van der Waals surface area contributed by atoms with Crippen LogP contribution in [-0.4, -0.2) is 28.8 Å². The van der Waals surface area contributed by atoms with Crippen molar-refractivity contribution in [3.05, 3.63) is 70.2 Å². The smallest absolute Gasteiger partial charge is 0.340 e. The Morgan fingerprint density at radius 3 is 2.56 bits per heavy atom. The maximum absolute atomic E-state index is 14.2. The van der Waals surface area contributed by atoms with Gasteiger partial charge in [0.25, 0.3) is 0 Å². The summed E-state index contributed by atoms with van der Waals surface area (Å²) < 4.78 is 12.4. The van der Waals surface area contributed by atoms with Gasteiger partial charge in [0, 0.05) is 17.6 Å². The van der Waals surface area contributed by atoms with Crippen molar-refractivity contribution < 1.29 is 29.3 Å². The minimum Gasteiger partial charge on any atom is -0.508 e. The highest BCUT2D eigenvalue weighted by molar-refractivity contribution is 6.07. The Morgan fingerprint density at radius 1 is 1.07 bits per heavy atom. The molecule has 6 aliphatic rings. The number of hydrogen-bond acceptors (Lipinski definition) is 6. The number of cyclic esters (lactones) is 2. The van der Waals surface area contributed by atoms with Gasteiger partial charge in [0.2, 0.25) is 0 Å². The number of aliphatic hydroxyl groups excluding tert-OH is 1. The lowest BCUT2D eigenvalue weighted by atomic mass is 9.36. The Kier molecular flexibility index (Phi) is 7.95. The second-order valence-electron chi connectivity index (χ2n) is 13.6. The number of carbonyl (C=O) groups is 2. The molecule has 5 atom stereocenters. The molecule has 2 N–H and O–H groups in total. The highest BCUT2D eigenvalue weighted by atomic mass is 16.6. The summed E-state index contributed by atoms with van der Waals surface area (Å²) in [6, 6.07) is 7.20. The van der Waals surface area contributed by atoms with Gasteiger partial charge in [-0.05, 0) is 110 Å². The van der Waals surface area contributed by atoms with E-state index in [2.05, 4.69) is 33.8 Å². The quantitative estimate of drug-likeness (QED) is 0.272. The van der Waals surface area contributed by atoms with Crippen LogP contribution in [0.2, 0.25) is 0 Å². The molecule has 5 unspecified atom stereocenters. The Morgan fingerprint density at radius 2 is 1.86 bits per heavy atom. The van der Waals surface area contributed by atoms with Crippen molar-refractivity contribution >= 4 is 17.5 Å². The number of rotatable bonds is 10. The third kappa shape index (κ3) is 4.38. The number of benzene rings is 1. The largest absolute Gasteiger partial charge is 0.508 e. The summed E-state index contributed by atoms with van der Waals surface area (Å²) in [4.78, 5) is 28.2. The molecular formula is C37H46O6. The lowest BCUT2D eigenvalue weighted by Crippen LogP contribution is -2.60. The van der Waals surface area contributed by atoms with Crippen molar-refractivity contribution in [3.63, 3.8) is 0 Å². The van der Waals surface area contributed by atoms with Crippen LogP contribution in [0.15, 0.2) is 64.7 Å². The normalized spacial score (nSPS) is 32.0. The number of aromatic hydroxyl groups is 1. The van der Waals surface area contributed by atoms with E-state index in [-0.39, 0.29) is 42.0 Å². The van der Waals surface area contributed by atoms with Crippen LogP contribution in [0.3, 0.4) is 0 Å². The molecule has 6 nitrogen and oxygen atoms in total. The molecule has 1 spiro atoms. The summed E-state index contributed by atoms with van der Waals surface area (Å²) in [7, 11) is 0. The van der Waals surface area contributed by atoms with Crippen molar-refractivity contribution in [2.24, 2.45) is 34.5 Å². The van der Waals surface area contributed by atoms with Crippen LogP contribution in [0, 0.1) is 34.5 Å². The van der Waals surface area contributed by atoms with Crippen molar-refractivity contribution in [2.45, 2.75) is 91.9 Å². The molecule has 1 aromatic rings. The molecule has 0 aromatic heterocycles. The van der Waals surface area contributed by atoms with E-state index < -0.39 is 10.8 Å².